The van der Waals surface area contributed by atoms with Crippen molar-refractivity contribution in [3.8, 4) is 0 Å². The van der Waals surface area contributed by atoms with Crippen LogP contribution in [0, 0.1) is 0 Å². The molecule has 0 rings (SSSR count). The summed E-state index contributed by atoms with van der Waals surface area (Å²) >= 11 is 0. The Morgan fingerprint density at radius 3 is 1.29 bits per heavy atom. The molecule has 0 aromatic heterocycles. The second-order valence-electron chi connectivity index (χ2n) is 9.94. The lowest BCUT2D eigenvalue weighted by atomic mass is 10.0. The number of unbranched alkanes of at least 4 members (excludes halogenated alkanes) is 10. The molecule has 0 spiro atoms. The Labute approximate surface area is 207 Å². The van der Waals surface area contributed by atoms with Gasteiger partial charge in [0.15, 0.2) is 0 Å². The second kappa shape index (κ2) is 21.9. The molecule has 0 saturated heterocycles. The minimum atomic E-state index is -1.69. The monoisotopic (exact) mass is 493 g/mol. The largest absolute Gasteiger partial charge is 0.394 e. The second-order valence-corrected chi connectivity index (χ2v) is 9.94. The fourth-order valence-electron chi connectivity index (χ4n) is 4.26. The quantitative estimate of drug-likeness (QED) is 0.101. The summed E-state index contributed by atoms with van der Waals surface area (Å²) in [5, 5.41) is 70.1. The highest BCUT2D eigenvalue weighted by Gasteiger charge is 2.31. The van der Waals surface area contributed by atoms with Gasteiger partial charge in [0.2, 0.25) is 0 Å². The smallest absolute Gasteiger partial charge is 0.111 e. The van der Waals surface area contributed by atoms with Gasteiger partial charge in [-0.2, -0.15) is 0 Å². The van der Waals surface area contributed by atoms with E-state index in [4.69, 9.17) is 5.11 Å². The average Bonchev–Trinajstić information content (AvgIpc) is 2.81. The van der Waals surface area contributed by atoms with Gasteiger partial charge in [-0.15, -0.1) is 0 Å². The molecule has 0 aromatic carbocycles. The van der Waals surface area contributed by atoms with Crippen molar-refractivity contribution in [1.29, 1.82) is 0 Å². The maximum Gasteiger partial charge on any atom is 0.111 e. The maximum atomic E-state index is 10.5. The van der Waals surface area contributed by atoms with Crippen LogP contribution in [0.5, 0.6) is 0 Å². The number of rotatable bonds is 24. The van der Waals surface area contributed by atoms with E-state index in [9.17, 15) is 30.6 Å². The lowest BCUT2D eigenvalue weighted by Crippen LogP contribution is -2.51. The molecule has 0 heterocycles. The minimum Gasteiger partial charge on any atom is -0.394 e. The van der Waals surface area contributed by atoms with Crippen molar-refractivity contribution in [3.05, 3.63) is 0 Å². The molecule has 7 N–H and O–H groups in total. The summed E-state index contributed by atoms with van der Waals surface area (Å²) in [5.74, 6) is 0. The molecule has 0 bridgehead atoms. The summed E-state index contributed by atoms with van der Waals surface area (Å²) in [6.07, 6.45) is 7.18. The summed E-state index contributed by atoms with van der Waals surface area (Å²) in [4.78, 5) is 1.72. The van der Waals surface area contributed by atoms with Crippen LogP contribution >= 0.6 is 0 Å². The van der Waals surface area contributed by atoms with Crippen LogP contribution in [0.1, 0.15) is 104 Å². The zero-order chi connectivity index (χ0) is 25.8. The minimum absolute atomic E-state index is 0.0719. The molecule has 8 heteroatoms. The molecule has 0 saturated carbocycles. The van der Waals surface area contributed by atoms with Gasteiger partial charge in [-0.05, 0) is 12.8 Å². The van der Waals surface area contributed by atoms with Crippen molar-refractivity contribution in [1.82, 2.24) is 4.90 Å². The van der Waals surface area contributed by atoms with Crippen LogP contribution in [0.15, 0.2) is 0 Å². The predicted octanol–water partition coefficient (Wildman–Crippen LogP) is 1.95. The van der Waals surface area contributed by atoms with E-state index in [1.165, 1.54) is 38.5 Å². The molecular weight excluding hydrogens is 438 g/mol. The normalized spacial score (nSPS) is 17.5. The van der Waals surface area contributed by atoms with E-state index in [1.54, 1.807) is 4.90 Å². The lowest BCUT2D eigenvalue weighted by molar-refractivity contribution is -0.121. The van der Waals surface area contributed by atoms with Crippen LogP contribution in [-0.2, 0) is 0 Å². The zero-order valence-corrected chi connectivity index (χ0v) is 21.8. The molecule has 2 unspecified atom stereocenters. The van der Waals surface area contributed by atoms with Crippen molar-refractivity contribution in [2.24, 2.45) is 0 Å². The number of aliphatic hydroxyl groups excluding tert-OH is 7. The maximum absolute atomic E-state index is 10.5. The summed E-state index contributed by atoms with van der Waals surface area (Å²) in [5.41, 5.74) is 0. The Morgan fingerprint density at radius 1 is 0.500 bits per heavy atom. The van der Waals surface area contributed by atoms with Gasteiger partial charge in [-0.1, -0.05) is 90.9 Å². The van der Waals surface area contributed by atoms with Crippen molar-refractivity contribution in [2.75, 3.05) is 26.2 Å². The van der Waals surface area contributed by atoms with Gasteiger partial charge in [0.05, 0.1) is 24.9 Å². The first-order valence-electron chi connectivity index (χ1n) is 13.7. The third-order valence-electron chi connectivity index (χ3n) is 6.49. The van der Waals surface area contributed by atoms with E-state index >= 15 is 0 Å². The van der Waals surface area contributed by atoms with Gasteiger partial charge in [-0.3, -0.25) is 4.90 Å². The Hall–Kier alpha value is -0.320. The molecule has 0 aromatic rings. The van der Waals surface area contributed by atoms with Gasteiger partial charge in [-0.25, -0.2) is 0 Å². The van der Waals surface area contributed by atoms with Crippen LogP contribution in [0.3, 0.4) is 0 Å². The Balaban J connectivity index is 4.71. The highest BCUT2D eigenvalue weighted by Crippen LogP contribution is 2.14. The van der Waals surface area contributed by atoms with Crippen LogP contribution < -0.4 is 0 Å². The van der Waals surface area contributed by atoms with Crippen LogP contribution in [0.2, 0.25) is 0 Å². The van der Waals surface area contributed by atoms with Crippen molar-refractivity contribution in [2.45, 2.75) is 140 Å². The third kappa shape index (κ3) is 17.2. The molecule has 206 valence electrons. The molecule has 34 heavy (non-hydrogen) atoms. The molecule has 0 aliphatic rings. The van der Waals surface area contributed by atoms with E-state index in [1.807, 2.05) is 0 Å². The first-order chi connectivity index (χ1) is 16.3. The van der Waals surface area contributed by atoms with E-state index in [0.717, 1.165) is 38.5 Å². The zero-order valence-electron chi connectivity index (χ0n) is 21.8. The molecule has 6 atom stereocenters. The molecule has 0 aliphatic carbocycles. The Kier molecular flexibility index (Phi) is 21.7. The Bertz CT molecular complexity index is 419. The van der Waals surface area contributed by atoms with Crippen molar-refractivity contribution < 1.29 is 35.7 Å². The van der Waals surface area contributed by atoms with E-state index in [-0.39, 0.29) is 19.6 Å². The first-order valence-corrected chi connectivity index (χ1v) is 13.7. The van der Waals surface area contributed by atoms with E-state index < -0.39 is 43.2 Å². The van der Waals surface area contributed by atoms with Gasteiger partial charge in [0.1, 0.15) is 18.3 Å². The molecule has 0 aliphatic heterocycles. The first kappa shape index (κ1) is 33.7. The van der Waals surface area contributed by atoms with Crippen molar-refractivity contribution >= 4 is 0 Å². The average molecular weight is 494 g/mol. The highest BCUT2D eigenvalue weighted by atomic mass is 16.4. The number of aliphatic hydroxyl groups is 7. The van der Waals surface area contributed by atoms with Gasteiger partial charge in [0, 0.05) is 19.6 Å². The summed E-state index contributed by atoms with van der Waals surface area (Å²) in [6, 6.07) is 0. The van der Waals surface area contributed by atoms with Crippen LogP contribution in [-0.4, -0.2) is 104 Å². The van der Waals surface area contributed by atoms with Crippen LogP contribution in [0.25, 0.3) is 0 Å². The Morgan fingerprint density at radius 2 is 0.882 bits per heavy atom. The van der Waals surface area contributed by atoms with Gasteiger partial charge < -0.3 is 35.7 Å². The van der Waals surface area contributed by atoms with Gasteiger partial charge in [0.25, 0.3) is 0 Å². The number of nitrogens with zero attached hydrogens (tertiary/aromatic N) is 1. The number of hydrogen-bond acceptors (Lipinski definition) is 8. The predicted molar refractivity (Wildman–Crippen MR) is 136 cm³/mol. The molecule has 0 amide bonds. The molecule has 0 radical (unpaired) electrons. The fraction of sp³-hybridized carbons (Fsp3) is 1.00. The SMILES string of the molecule is CCCCCCCCC(O)CN(CC(O)CCCCCCCC)C[C@H](O)[C@@H](O)[C@H](O)[C@H](O)CO. The summed E-state index contributed by atoms with van der Waals surface area (Å²) < 4.78 is 0. The fourth-order valence-corrected chi connectivity index (χ4v) is 4.26. The van der Waals surface area contributed by atoms with E-state index in [2.05, 4.69) is 13.8 Å². The summed E-state index contributed by atoms with van der Waals surface area (Å²) in [7, 11) is 0. The molecule has 8 nitrogen and oxygen atoms in total. The van der Waals surface area contributed by atoms with Gasteiger partial charge >= 0.3 is 0 Å². The number of hydrogen-bond donors (Lipinski definition) is 7. The van der Waals surface area contributed by atoms with E-state index in [0.29, 0.717) is 12.8 Å². The van der Waals surface area contributed by atoms with Crippen molar-refractivity contribution in [3.63, 3.8) is 0 Å². The topological polar surface area (TPSA) is 145 Å². The van der Waals surface area contributed by atoms with Crippen LogP contribution in [0.4, 0.5) is 0 Å². The summed E-state index contributed by atoms with van der Waals surface area (Å²) in [6.45, 7) is 4.03. The molecule has 0 fully saturated rings. The standard InChI is InChI=1S/C26H55NO7/c1-3-5-7-9-11-13-15-21(29)17-27(18-22(30)16-14-12-10-8-6-4-2)19-23(31)25(33)26(34)24(32)20-28/h21-26,28-34H,3-20H2,1-2H3/t21?,22?,23-,24+,25+,26+/m0/s1. The highest BCUT2D eigenvalue weighted by molar-refractivity contribution is 4.83. The third-order valence-corrected chi connectivity index (χ3v) is 6.49. The molecular formula is C26H55NO7. The lowest BCUT2D eigenvalue weighted by Gasteiger charge is -2.32.